The number of anilines is 1. The molecule has 1 aliphatic rings. The normalized spacial score (nSPS) is 13.8. The van der Waals surface area contributed by atoms with Crippen LogP contribution in [-0.2, 0) is 27.2 Å². The van der Waals surface area contributed by atoms with Crippen molar-refractivity contribution in [3.63, 3.8) is 0 Å². The summed E-state index contributed by atoms with van der Waals surface area (Å²) in [6.07, 6.45) is 0.765. The minimum Gasteiger partial charge on any atom is -0.497 e. The highest BCUT2D eigenvalue weighted by Gasteiger charge is 2.23. The Bertz CT molecular complexity index is 1900. The zero-order chi connectivity index (χ0) is 38.1. The molecular formula is C40H49BrClN5O6. The van der Waals surface area contributed by atoms with Crippen molar-refractivity contribution in [2.75, 3.05) is 78.4 Å². The van der Waals surface area contributed by atoms with Crippen LogP contribution in [0.4, 0.5) is 5.69 Å². The van der Waals surface area contributed by atoms with Crippen molar-refractivity contribution in [2.45, 2.75) is 40.2 Å². The average molecular weight is 811 g/mol. The number of carbonyl (C=O) groups is 3. The molecule has 0 atom stereocenters. The molecule has 53 heavy (non-hydrogen) atoms. The first-order valence-corrected chi connectivity index (χ1v) is 19.3. The van der Waals surface area contributed by atoms with Crippen LogP contribution in [0.15, 0.2) is 59.1 Å². The first-order chi connectivity index (χ1) is 25.5. The van der Waals surface area contributed by atoms with Gasteiger partial charge in [0.1, 0.15) is 12.4 Å². The summed E-state index contributed by atoms with van der Waals surface area (Å²) in [5.74, 6) is -0.276. The zero-order valence-corrected chi connectivity index (χ0v) is 33.3. The van der Waals surface area contributed by atoms with Crippen molar-refractivity contribution in [3.05, 3.63) is 92.0 Å². The highest BCUT2D eigenvalue weighted by atomic mass is 79.9. The largest absolute Gasteiger partial charge is 0.497 e. The van der Waals surface area contributed by atoms with E-state index in [4.69, 9.17) is 31.5 Å². The lowest BCUT2D eigenvalue weighted by Gasteiger charge is -2.34. The number of methoxy groups -OCH3 is 1. The standard InChI is InChI=1S/C40H49BrClN5O6/c1-5-44(6-2)26-30-22-29(23-35(41)38(30)43)40(50)53-20-7-14-45-15-17-46(18-16-45)19-21-52-37(48)25-33-27(3)47(36-13-12-32(51-4)24-34(33)36)39(49)28-8-10-31(42)11-9-28/h8-13,22-24H,5-7,14-21,25-26,43H2,1-4H3. The van der Waals surface area contributed by atoms with Gasteiger partial charge in [-0.3, -0.25) is 24.0 Å². The summed E-state index contributed by atoms with van der Waals surface area (Å²) in [5.41, 5.74) is 10.9. The summed E-state index contributed by atoms with van der Waals surface area (Å²) >= 11 is 9.55. The Morgan fingerprint density at radius 1 is 0.887 bits per heavy atom. The number of nitrogens with zero attached hydrogens (tertiary/aromatic N) is 4. The molecule has 4 aromatic rings. The van der Waals surface area contributed by atoms with E-state index in [1.165, 1.54) is 0 Å². The Balaban J connectivity index is 1.06. The van der Waals surface area contributed by atoms with E-state index in [9.17, 15) is 14.4 Å². The van der Waals surface area contributed by atoms with E-state index < -0.39 is 0 Å². The molecule has 0 radical (unpaired) electrons. The zero-order valence-electron chi connectivity index (χ0n) is 31.0. The molecule has 11 nitrogen and oxygen atoms in total. The maximum absolute atomic E-state index is 13.6. The van der Waals surface area contributed by atoms with Crippen LogP contribution in [0.2, 0.25) is 5.02 Å². The molecule has 5 rings (SSSR count). The third kappa shape index (κ3) is 10.2. The lowest BCUT2D eigenvalue weighted by atomic mass is 10.1. The molecule has 0 spiro atoms. The van der Waals surface area contributed by atoms with Gasteiger partial charge in [-0.15, -0.1) is 0 Å². The number of nitrogens with two attached hydrogens (primary N) is 1. The smallest absolute Gasteiger partial charge is 0.338 e. The monoisotopic (exact) mass is 809 g/mol. The summed E-state index contributed by atoms with van der Waals surface area (Å²) in [6.45, 7) is 14.0. The van der Waals surface area contributed by atoms with E-state index in [0.717, 1.165) is 68.7 Å². The van der Waals surface area contributed by atoms with Crippen molar-refractivity contribution < 1.29 is 28.6 Å². The van der Waals surface area contributed by atoms with Gasteiger partial charge >= 0.3 is 11.9 Å². The molecule has 0 amide bonds. The molecule has 1 fully saturated rings. The SMILES string of the molecule is CCN(CC)Cc1cc(C(=O)OCCCN2CCN(CCOC(=O)Cc3c(C)n(C(=O)c4ccc(Cl)cc4)c4ccc(OC)cc34)CC2)cc(Br)c1N. The summed E-state index contributed by atoms with van der Waals surface area (Å²) < 4.78 is 19.1. The first kappa shape index (κ1) is 40.2. The lowest BCUT2D eigenvalue weighted by molar-refractivity contribution is -0.143. The van der Waals surface area contributed by atoms with Crippen LogP contribution >= 0.6 is 27.5 Å². The third-order valence-corrected chi connectivity index (χ3v) is 10.8. The number of nitrogen functional groups attached to an aromatic ring is 1. The number of aromatic nitrogens is 1. The van der Waals surface area contributed by atoms with E-state index >= 15 is 0 Å². The van der Waals surface area contributed by atoms with Crippen LogP contribution in [0.25, 0.3) is 10.9 Å². The van der Waals surface area contributed by atoms with Crippen molar-refractivity contribution in [1.29, 1.82) is 0 Å². The summed E-state index contributed by atoms with van der Waals surface area (Å²) in [7, 11) is 1.58. The number of hydrogen-bond acceptors (Lipinski definition) is 10. The molecule has 1 aromatic heterocycles. The van der Waals surface area contributed by atoms with Crippen molar-refractivity contribution in [2.24, 2.45) is 0 Å². The van der Waals surface area contributed by atoms with Crippen molar-refractivity contribution in [3.8, 4) is 5.75 Å². The molecule has 1 saturated heterocycles. The molecule has 0 saturated carbocycles. The van der Waals surface area contributed by atoms with Crippen LogP contribution in [-0.4, -0.2) is 110 Å². The molecule has 284 valence electrons. The molecule has 1 aliphatic heterocycles. The second-order valence-corrected chi connectivity index (χ2v) is 14.4. The fourth-order valence-corrected chi connectivity index (χ4v) is 7.29. The lowest BCUT2D eigenvalue weighted by Crippen LogP contribution is -2.47. The van der Waals surface area contributed by atoms with Crippen LogP contribution in [0.1, 0.15) is 57.8 Å². The second-order valence-electron chi connectivity index (χ2n) is 13.2. The van der Waals surface area contributed by atoms with Crippen LogP contribution in [0.3, 0.4) is 0 Å². The van der Waals surface area contributed by atoms with Gasteiger partial charge < -0.3 is 24.8 Å². The molecule has 0 aliphatic carbocycles. The average Bonchev–Trinajstić information content (AvgIpc) is 3.43. The Kier molecular flexibility index (Phi) is 14.3. The number of piperazine rings is 1. The third-order valence-electron chi connectivity index (χ3n) is 9.88. The number of ether oxygens (including phenoxy) is 3. The van der Waals surface area contributed by atoms with Crippen LogP contribution in [0.5, 0.6) is 5.75 Å². The first-order valence-electron chi connectivity index (χ1n) is 18.1. The van der Waals surface area contributed by atoms with Crippen LogP contribution < -0.4 is 10.5 Å². The number of carbonyl (C=O) groups excluding carboxylic acids is 3. The maximum Gasteiger partial charge on any atom is 0.338 e. The number of hydrogen-bond donors (Lipinski definition) is 1. The molecule has 0 bridgehead atoms. The van der Waals surface area contributed by atoms with Crippen LogP contribution in [0, 0.1) is 6.92 Å². The van der Waals surface area contributed by atoms with Gasteiger partial charge in [-0.05, 0) is 108 Å². The van der Waals surface area contributed by atoms with Gasteiger partial charge in [0, 0.05) is 72.0 Å². The fraction of sp³-hybridized carbons (Fsp3) is 0.425. The second kappa shape index (κ2) is 18.9. The Labute approximate surface area is 325 Å². The predicted octanol–water partition coefficient (Wildman–Crippen LogP) is 6.44. The highest BCUT2D eigenvalue weighted by Crippen LogP contribution is 2.31. The molecule has 3 aromatic carbocycles. The Hall–Kier alpha value is -3.94. The van der Waals surface area contributed by atoms with E-state index in [0.29, 0.717) is 63.0 Å². The van der Waals surface area contributed by atoms with E-state index in [2.05, 4.69) is 44.5 Å². The van der Waals surface area contributed by atoms with Crippen molar-refractivity contribution >= 4 is 62.0 Å². The molecule has 2 heterocycles. The fourth-order valence-electron chi connectivity index (χ4n) is 6.66. The minimum atomic E-state index is -0.353. The summed E-state index contributed by atoms with van der Waals surface area (Å²) in [6, 6.07) is 15.8. The number of rotatable bonds is 16. The Morgan fingerprint density at radius 3 is 2.23 bits per heavy atom. The molecule has 13 heteroatoms. The Morgan fingerprint density at radius 2 is 1.57 bits per heavy atom. The quantitative estimate of drug-likeness (QED) is 0.0770. The van der Waals surface area contributed by atoms with Gasteiger partial charge in [0.05, 0.1) is 36.9 Å². The minimum absolute atomic E-state index is 0.0296. The van der Waals surface area contributed by atoms with E-state index in [1.54, 1.807) is 48.1 Å². The molecule has 2 N–H and O–H groups in total. The summed E-state index contributed by atoms with van der Waals surface area (Å²) in [4.78, 5) is 46.4. The van der Waals surface area contributed by atoms with Gasteiger partial charge in [0.25, 0.3) is 5.91 Å². The van der Waals surface area contributed by atoms with Gasteiger partial charge in [0.15, 0.2) is 0 Å². The summed E-state index contributed by atoms with van der Waals surface area (Å²) in [5, 5.41) is 1.32. The van der Waals surface area contributed by atoms with Gasteiger partial charge in [-0.1, -0.05) is 25.4 Å². The van der Waals surface area contributed by atoms with Gasteiger partial charge in [0.2, 0.25) is 0 Å². The number of esters is 2. The topological polar surface area (TPSA) is 120 Å². The maximum atomic E-state index is 13.6. The number of halogens is 2. The van der Waals surface area contributed by atoms with E-state index in [-0.39, 0.29) is 30.9 Å². The van der Waals surface area contributed by atoms with Crippen molar-refractivity contribution in [1.82, 2.24) is 19.3 Å². The van der Waals surface area contributed by atoms with E-state index in [1.807, 2.05) is 25.1 Å². The molecule has 0 unspecified atom stereocenters. The van der Waals surface area contributed by atoms with Gasteiger partial charge in [-0.25, -0.2) is 4.79 Å². The highest BCUT2D eigenvalue weighted by molar-refractivity contribution is 9.10. The predicted molar refractivity (Wildman–Crippen MR) is 212 cm³/mol. The number of fused-ring (bicyclic) bond motifs is 1. The number of benzene rings is 3. The van der Waals surface area contributed by atoms with Gasteiger partial charge in [-0.2, -0.15) is 0 Å². The molecular weight excluding hydrogens is 762 g/mol.